The molecule has 8 nitrogen and oxygen atoms in total. The van der Waals surface area contributed by atoms with Crippen LogP contribution in [0.15, 0.2) is 48.5 Å². The smallest absolute Gasteiger partial charge is 0.341 e. The number of anilines is 1. The highest BCUT2D eigenvalue weighted by atomic mass is 16.5. The van der Waals surface area contributed by atoms with E-state index in [1.807, 2.05) is 6.07 Å². The maximum Gasteiger partial charge on any atom is 0.341 e. The SMILES string of the molecule is O=C(O)COc1cccc(C(=O)NCc2cccc(NC(=O)C3CCCO3)c2)c1. The van der Waals surface area contributed by atoms with Crippen molar-refractivity contribution in [2.75, 3.05) is 18.5 Å². The van der Waals surface area contributed by atoms with E-state index in [-0.39, 0.29) is 18.4 Å². The van der Waals surface area contributed by atoms with Crippen molar-refractivity contribution in [3.8, 4) is 5.75 Å². The molecular formula is C21H22N2O6. The molecule has 8 heteroatoms. The highest BCUT2D eigenvalue weighted by Crippen LogP contribution is 2.17. The van der Waals surface area contributed by atoms with E-state index in [9.17, 15) is 14.4 Å². The minimum Gasteiger partial charge on any atom is -0.482 e. The van der Waals surface area contributed by atoms with Gasteiger partial charge in [-0.1, -0.05) is 18.2 Å². The number of aliphatic carboxylic acids is 1. The lowest BCUT2D eigenvalue weighted by Gasteiger charge is -2.12. The first-order chi connectivity index (χ1) is 14.0. The van der Waals surface area contributed by atoms with Gasteiger partial charge in [0.2, 0.25) is 0 Å². The fourth-order valence-electron chi connectivity index (χ4n) is 2.92. The molecule has 0 bridgehead atoms. The molecule has 1 saturated heterocycles. The van der Waals surface area contributed by atoms with Gasteiger partial charge in [0.15, 0.2) is 6.61 Å². The number of amides is 2. The van der Waals surface area contributed by atoms with E-state index in [4.69, 9.17) is 14.6 Å². The van der Waals surface area contributed by atoms with Crippen LogP contribution in [0.1, 0.15) is 28.8 Å². The van der Waals surface area contributed by atoms with E-state index >= 15 is 0 Å². The number of carboxylic acid groups (broad SMARTS) is 1. The highest BCUT2D eigenvalue weighted by Gasteiger charge is 2.23. The van der Waals surface area contributed by atoms with Crippen LogP contribution in [-0.2, 0) is 20.9 Å². The lowest BCUT2D eigenvalue weighted by atomic mass is 10.1. The third kappa shape index (κ3) is 6.05. The number of benzene rings is 2. The number of ether oxygens (including phenoxy) is 2. The second-order valence-electron chi connectivity index (χ2n) is 6.58. The Hall–Kier alpha value is -3.39. The Morgan fingerprint density at radius 1 is 1.14 bits per heavy atom. The van der Waals surface area contributed by atoms with Gasteiger partial charge in [-0.25, -0.2) is 4.79 Å². The predicted molar refractivity (Wildman–Crippen MR) is 105 cm³/mol. The standard InChI is InChI=1S/C21H22N2O6/c24-19(25)13-29-17-7-2-5-15(11-17)20(26)22-12-14-4-1-6-16(10-14)23-21(27)18-8-3-9-28-18/h1-2,4-7,10-11,18H,3,8-9,12-13H2,(H,22,26)(H,23,27)(H,24,25). The van der Waals surface area contributed by atoms with Crippen LogP contribution in [-0.4, -0.2) is 42.2 Å². The van der Waals surface area contributed by atoms with Gasteiger partial charge in [-0.3, -0.25) is 9.59 Å². The number of nitrogens with one attached hydrogen (secondary N) is 2. The Morgan fingerprint density at radius 3 is 2.72 bits per heavy atom. The maximum absolute atomic E-state index is 12.4. The first-order valence-electron chi connectivity index (χ1n) is 9.25. The Bertz CT molecular complexity index is 892. The fraction of sp³-hybridized carbons (Fsp3) is 0.286. The van der Waals surface area contributed by atoms with Crippen LogP contribution in [0.5, 0.6) is 5.75 Å². The summed E-state index contributed by atoms with van der Waals surface area (Å²) in [4.78, 5) is 35.1. The molecule has 0 aliphatic carbocycles. The van der Waals surface area contributed by atoms with Gasteiger partial charge >= 0.3 is 5.97 Å². The summed E-state index contributed by atoms with van der Waals surface area (Å²) in [5.74, 6) is -1.27. The molecule has 3 rings (SSSR count). The lowest BCUT2D eigenvalue weighted by Crippen LogP contribution is -2.27. The quantitative estimate of drug-likeness (QED) is 0.628. The number of hydrogen-bond acceptors (Lipinski definition) is 5. The lowest BCUT2D eigenvalue weighted by molar-refractivity contribution is -0.139. The molecule has 1 fully saturated rings. The summed E-state index contributed by atoms with van der Waals surface area (Å²) in [5, 5.41) is 14.3. The van der Waals surface area contributed by atoms with Crippen molar-refractivity contribution in [2.24, 2.45) is 0 Å². The van der Waals surface area contributed by atoms with Crippen LogP contribution in [0.25, 0.3) is 0 Å². The summed E-state index contributed by atoms with van der Waals surface area (Å²) < 4.78 is 10.5. The van der Waals surface area contributed by atoms with Crippen molar-refractivity contribution >= 4 is 23.5 Å². The van der Waals surface area contributed by atoms with Crippen LogP contribution in [0.4, 0.5) is 5.69 Å². The molecule has 2 aromatic rings. The minimum atomic E-state index is -1.09. The molecule has 2 aromatic carbocycles. The molecule has 1 aliphatic heterocycles. The molecule has 152 valence electrons. The topological polar surface area (TPSA) is 114 Å². The van der Waals surface area contributed by atoms with E-state index in [0.717, 1.165) is 18.4 Å². The van der Waals surface area contributed by atoms with Crippen LogP contribution < -0.4 is 15.4 Å². The summed E-state index contributed by atoms with van der Waals surface area (Å²) in [5.41, 5.74) is 1.82. The molecule has 0 spiro atoms. The molecule has 0 radical (unpaired) electrons. The molecule has 3 N–H and O–H groups in total. The third-order valence-corrected chi connectivity index (χ3v) is 4.33. The van der Waals surface area contributed by atoms with Gasteiger partial charge in [0, 0.05) is 24.4 Å². The summed E-state index contributed by atoms with van der Waals surface area (Å²) in [6.07, 6.45) is 1.19. The normalized spacial score (nSPS) is 15.5. The molecule has 29 heavy (non-hydrogen) atoms. The maximum atomic E-state index is 12.4. The minimum absolute atomic E-state index is 0.165. The summed E-state index contributed by atoms with van der Waals surface area (Å²) >= 11 is 0. The first-order valence-corrected chi connectivity index (χ1v) is 9.25. The Labute approximate surface area is 167 Å². The third-order valence-electron chi connectivity index (χ3n) is 4.33. The monoisotopic (exact) mass is 398 g/mol. The Balaban J connectivity index is 1.55. The van der Waals surface area contributed by atoms with Crippen LogP contribution in [0, 0.1) is 0 Å². The van der Waals surface area contributed by atoms with Crippen molar-refractivity contribution in [1.82, 2.24) is 5.32 Å². The van der Waals surface area contributed by atoms with E-state index in [1.165, 1.54) is 6.07 Å². The van der Waals surface area contributed by atoms with Crippen molar-refractivity contribution in [2.45, 2.75) is 25.5 Å². The van der Waals surface area contributed by atoms with Crippen LogP contribution in [0.2, 0.25) is 0 Å². The summed E-state index contributed by atoms with van der Waals surface area (Å²) in [6.45, 7) is 0.394. The number of carbonyl (C=O) groups is 3. The molecular weight excluding hydrogens is 376 g/mol. The van der Waals surface area contributed by atoms with E-state index in [0.29, 0.717) is 23.6 Å². The number of hydrogen-bond donors (Lipinski definition) is 3. The van der Waals surface area contributed by atoms with Crippen molar-refractivity contribution in [3.63, 3.8) is 0 Å². The van der Waals surface area contributed by atoms with Gasteiger partial charge in [-0.2, -0.15) is 0 Å². The average Bonchev–Trinajstić information content (AvgIpc) is 3.26. The number of carbonyl (C=O) groups excluding carboxylic acids is 2. The first kappa shape index (κ1) is 20.3. The molecule has 0 saturated carbocycles. The van der Waals surface area contributed by atoms with Crippen LogP contribution in [0.3, 0.4) is 0 Å². The largest absolute Gasteiger partial charge is 0.482 e. The zero-order chi connectivity index (χ0) is 20.6. The molecule has 1 unspecified atom stereocenters. The van der Waals surface area contributed by atoms with Crippen molar-refractivity contribution < 1.29 is 29.0 Å². The number of rotatable bonds is 8. The van der Waals surface area contributed by atoms with Crippen LogP contribution >= 0.6 is 0 Å². The molecule has 1 heterocycles. The van der Waals surface area contributed by atoms with E-state index < -0.39 is 18.7 Å². The van der Waals surface area contributed by atoms with Crippen molar-refractivity contribution in [1.29, 1.82) is 0 Å². The zero-order valence-electron chi connectivity index (χ0n) is 15.7. The van der Waals surface area contributed by atoms with Gasteiger partial charge < -0.3 is 25.2 Å². The highest BCUT2D eigenvalue weighted by molar-refractivity contribution is 5.95. The fourth-order valence-corrected chi connectivity index (χ4v) is 2.92. The van der Waals surface area contributed by atoms with Gasteiger partial charge in [-0.15, -0.1) is 0 Å². The molecule has 1 aliphatic rings. The second kappa shape index (κ2) is 9.70. The van der Waals surface area contributed by atoms with Gasteiger partial charge in [0.1, 0.15) is 11.9 Å². The van der Waals surface area contributed by atoms with E-state index in [2.05, 4.69) is 10.6 Å². The molecule has 2 amide bonds. The average molecular weight is 398 g/mol. The Kier molecular flexibility index (Phi) is 6.80. The molecule has 1 atom stereocenters. The van der Waals surface area contributed by atoms with Gasteiger partial charge in [0.25, 0.3) is 11.8 Å². The van der Waals surface area contributed by atoms with Crippen molar-refractivity contribution in [3.05, 3.63) is 59.7 Å². The zero-order valence-corrected chi connectivity index (χ0v) is 15.7. The summed E-state index contributed by atoms with van der Waals surface area (Å²) in [6, 6.07) is 13.5. The second-order valence-corrected chi connectivity index (χ2v) is 6.58. The number of carboxylic acids is 1. The summed E-state index contributed by atoms with van der Waals surface area (Å²) in [7, 11) is 0. The van der Waals surface area contributed by atoms with Gasteiger partial charge in [0.05, 0.1) is 0 Å². The molecule has 0 aromatic heterocycles. The van der Waals surface area contributed by atoms with Gasteiger partial charge in [-0.05, 0) is 48.7 Å². The Morgan fingerprint density at radius 2 is 1.97 bits per heavy atom. The predicted octanol–water partition coefficient (Wildman–Crippen LogP) is 2.20. The van der Waals surface area contributed by atoms with E-state index in [1.54, 1.807) is 36.4 Å².